The van der Waals surface area contributed by atoms with Crippen LogP contribution in [-0.4, -0.2) is 9.97 Å². The number of fused-ring (bicyclic) bond motifs is 2. The molecule has 31 heavy (non-hydrogen) atoms. The van der Waals surface area contributed by atoms with Crippen molar-refractivity contribution in [1.82, 2.24) is 9.97 Å². The lowest BCUT2D eigenvalue weighted by Crippen LogP contribution is -2.07. The standard InChI is InChI=1S/C24H15Cl2F3N2/c25-15-5-7-21-17(9-15)19(11-30-21)23(13-1-3-14(4-2-13)24(27,28)29)20-12-31-22-8-6-16(26)10-18(20)22/h1-12,23,30-31H. The minimum atomic E-state index is -4.39. The van der Waals surface area contributed by atoms with Crippen LogP contribution in [0.2, 0.25) is 10.0 Å². The molecule has 3 aromatic carbocycles. The lowest BCUT2D eigenvalue weighted by molar-refractivity contribution is -0.137. The fourth-order valence-electron chi connectivity index (χ4n) is 4.10. The number of alkyl halides is 3. The van der Waals surface area contributed by atoms with Crippen LogP contribution in [0.25, 0.3) is 21.8 Å². The van der Waals surface area contributed by atoms with Crippen LogP contribution >= 0.6 is 23.2 Å². The molecule has 2 aromatic heterocycles. The smallest absolute Gasteiger partial charge is 0.361 e. The van der Waals surface area contributed by atoms with Crippen molar-refractivity contribution in [1.29, 1.82) is 0 Å². The highest BCUT2D eigenvalue weighted by atomic mass is 35.5. The van der Waals surface area contributed by atoms with Crippen molar-refractivity contribution in [2.24, 2.45) is 0 Å². The average Bonchev–Trinajstić information content (AvgIpc) is 3.33. The summed E-state index contributed by atoms with van der Waals surface area (Å²) in [4.78, 5) is 6.50. The number of aromatic nitrogens is 2. The van der Waals surface area contributed by atoms with Crippen LogP contribution in [0, 0.1) is 0 Å². The quantitative estimate of drug-likeness (QED) is 0.273. The van der Waals surface area contributed by atoms with Gasteiger partial charge in [0.05, 0.1) is 5.56 Å². The summed E-state index contributed by atoms with van der Waals surface area (Å²) in [5.74, 6) is -0.332. The molecule has 2 N–H and O–H groups in total. The average molecular weight is 459 g/mol. The maximum atomic E-state index is 13.1. The van der Waals surface area contributed by atoms with Gasteiger partial charge in [-0.3, -0.25) is 0 Å². The van der Waals surface area contributed by atoms with Gasteiger partial charge in [-0.1, -0.05) is 35.3 Å². The topological polar surface area (TPSA) is 31.6 Å². The molecule has 0 radical (unpaired) electrons. The number of halogens is 5. The molecule has 0 spiro atoms. The highest BCUT2D eigenvalue weighted by Gasteiger charge is 2.31. The number of nitrogens with one attached hydrogen (secondary N) is 2. The van der Waals surface area contributed by atoms with Gasteiger partial charge in [-0.15, -0.1) is 0 Å². The maximum Gasteiger partial charge on any atom is 0.416 e. The lowest BCUT2D eigenvalue weighted by atomic mass is 9.84. The Morgan fingerprint density at radius 3 is 1.61 bits per heavy atom. The molecule has 0 fully saturated rings. The molecule has 0 unspecified atom stereocenters. The number of hydrogen-bond donors (Lipinski definition) is 2. The van der Waals surface area contributed by atoms with E-state index in [1.54, 1.807) is 12.1 Å². The molecule has 156 valence electrons. The van der Waals surface area contributed by atoms with Gasteiger partial charge in [-0.2, -0.15) is 13.2 Å². The van der Waals surface area contributed by atoms with Crippen molar-refractivity contribution >= 4 is 45.0 Å². The molecule has 0 aliphatic rings. The van der Waals surface area contributed by atoms with Crippen molar-refractivity contribution in [2.75, 3.05) is 0 Å². The third-order valence-corrected chi connectivity index (χ3v) is 6.02. The lowest BCUT2D eigenvalue weighted by Gasteiger charge is -2.18. The van der Waals surface area contributed by atoms with Crippen molar-refractivity contribution in [3.63, 3.8) is 0 Å². The summed E-state index contributed by atoms with van der Waals surface area (Å²) in [7, 11) is 0. The molecule has 0 aliphatic carbocycles. The van der Waals surface area contributed by atoms with Gasteiger partial charge in [0.15, 0.2) is 0 Å². The highest BCUT2D eigenvalue weighted by molar-refractivity contribution is 6.31. The van der Waals surface area contributed by atoms with Crippen molar-refractivity contribution < 1.29 is 13.2 Å². The summed E-state index contributed by atoms with van der Waals surface area (Å²) in [6.45, 7) is 0. The summed E-state index contributed by atoms with van der Waals surface area (Å²) in [6, 6.07) is 16.4. The van der Waals surface area contributed by atoms with Gasteiger partial charge in [0, 0.05) is 50.2 Å². The van der Waals surface area contributed by atoms with Gasteiger partial charge in [0.2, 0.25) is 0 Å². The maximum absolute atomic E-state index is 13.1. The largest absolute Gasteiger partial charge is 0.416 e. The van der Waals surface area contributed by atoms with Gasteiger partial charge in [-0.25, -0.2) is 0 Å². The zero-order chi connectivity index (χ0) is 21.8. The van der Waals surface area contributed by atoms with Gasteiger partial charge < -0.3 is 9.97 Å². The van der Waals surface area contributed by atoms with Crippen LogP contribution in [0.3, 0.4) is 0 Å². The van der Waals surface area contributed by atoms with Crippen LogP contribution in [0.1, 0.15) is 28.2 Å². The van der Waals surface area contributed by atoms with Crippen LogP contribution in [0.15, 0.2) is 73.1 Å². The molecule has 0 aliphatic heterocycles. The molecule has 0 amide bonds. The van der Waals surface area contributed by atoms with E-state index in [1.807, 2.05) is 36.7 Å². The summed E-state index contributed by atoms with van der Waals surface area (Å²) >= 11 is 12.5. The van der Waals surface area contributed by atoms with E-state index in [1.165, 1.54) is 12.1 Å². The van der Waals surface area contributed by atoms with Crippen LogP contribution in [0.5, 0.6) is 0 Å². The molecule has 2 nitrogen and oxygen atoms in total. The zero-order valence-corrected chi connectivity index (χ0v) is 17.4. The first-order chi connectivity index (χ1) is 14.8. The van der Waals surface area contributed by atoms with E-state index >= 15 is 0 Å². The highest BCUT2D eigenvalue weighted by Crippen LogP contribution is 2.41. The van der Waals surface area contributed by atoms with Crippen LogP contribution < -0.4 is 0 Å². The van der Waals surface area contributed by atoms with E-state index < -0.39 is 11.7 Å². The Morgan fingerprint density at radius 2 is 1.16 bits per heavy atom. The van der Waals surface area contributed by atoms with Crippen LogP contribution in [0.4, 0.5) is 13.2 Å². The summed E-state index contributed by atoms with van der Waals surface area (Å²) in [5.41, 5.74) is 3.67. The number of aromatic amines is 2. The number of rotatable bonds is 3. The van der Waals surface area contributed by atoms with Crippen molar-refractivity contribution in [2.45, 2.75) is 12.1 Å². The predicted molar refractivity (Wildman–Crippen MR) is 119 cm³/mol. The van der Waals surface area contributed by atoms with E-state index in [9.17, 15) is 13.2 Å². The molecular formula is C24H15Cl2F3N2. The fraction of sp³-hybridized carbons (Fsp3) is 0.0833. The third-order valence-electron chi connectivity index (χ3n) is 5.54. The molecule has 0 saturated heterocycles. The Labute approximate surface area is 185 Å². The van der Waals surface area contributed by atoms with E-state index in [-0.39, 0.29) is 5.92 Å². The first-order valence-corrected chi connectivity index (χ1v) is 10.3. The summed E-state index contributed by atoms with van der Waals surface area (Å²) < 4.78 is 39.4. The normalized spacial score (nSPS) is 12.3. The molecule has 0 atom stereocenters. The Balaban J connectivity index is 1.76. The number of hydrogen-bond acceptors (Lipinski definition) is 0. The van der Waals surface area contributed by atoms with E-state index in [4.69, 9.17) is 23.2 Å². The molecular weight excluding hydrogens is 444 g/mol. The Kier molecular flexibility index (Phi) is 4.76. The Hall–Kier alpha value is -2.89. The van der Waals surface area contributed by atoms with Gasteiger partial charge in [0.1, 0.15) is 0 Å². The minimum absolute atomic E-state index is 0.332. The van der Waals surface area contributed by atoms with Crippen molar-refractivity contribution in [3.8, 4) is 0 Å². The van der Waals surface area contributed by atoms with Crippen LogP contribution in [-0.2, 0) is 6.18 Å². The molecule has 7 heteroatoms. The Bertz CT molecular complexity index is 1320. The number of benzene rings is 3. The van der Waals surface area contributed by atoms with E-state index in [2.05, 4.69) is 9.97 Å². The monoisotopic (exact) mass is 458 g/mol. The third kappa shape index (κ3) is 3.58. The molecule has 2 heterocycles. The van der Waals surface area contributed by atoms with Gasteiger partial charge in [-0.05, 0) is 65.2 Å². The molecule has 0 bridgehead atoms. The molecule has 0 saturated carbocycles. The predicted octanol–water partition coefficient (Wildman–Crippen LogP) is 8.16. The van der Waals surface area contributed by atoms with E-state index in [0.29, 0.717) is 10.0 Å². The molecule has 5 aromatic rings. The van der Waals surface area contributed by atoms with Gasteiger partial charge >= 0.3 is 6.18 Å². The second-order valence-electron chi connectivity index (χ2n) is 7.42. The second kappa shape index (κ2) is 7.36. The van der Waals surface area contributed by atoms with Gasteiger partial charge in [0.25, 0.3) is 0 Å². The summed E-state index contributed by atoms with van der Waals surface area (Å²) in [5, 5.41) is 2.99. The fourth-order valence-corrected chi connectivity index (χ4v) is 4.44. The van der Waals surface area contributed by atoms with Crippen molar-refractivity contribution in [3.05, 3.63) is 105 Å². The van der Waals surface area contributed by atoms with E-state index in [0.717, 1.165) is 50.6 Å². The summed E-state index contributed by atoms with van der Waals surface area (Å²) in [6.07, 6.45) is -0.629. The first-order valence-electron chi connectivity index (χ1n) is 9.51. The minimum Gasteiger partial charge on any atom is -0.361 e. The SMILES string of the molecule is FC(F)(F)c1ccc(C(c2c[nH]c3ccc(Cl)cc23)c2c[nH]c3ccc(Cl)cc23)cc1. The second-order valence-corrected chi connectivity index (χ2v) is 8.29. The molecule has 5 rings (SSSR count). The Morgan fingerprint density at radius 1 is 0.677 bits per heavy atom. The zero-order valence-electron chi connectivity index (χ0n) is 15.9. The first kappa shape index (κ1) is 20.0. The number of H-pyrrole nitrogens is 2.